The van der Waals surface area contributed by atoms with Crippen molar-refractivity contribution in [3.05, 3.63) is 75.8 Å². The monoisotopic (exact) mass is 377 g/mol. The van der Waals surface area contributed by atoms with Crippen LogP contribution in [0, 0.1) is 13.8 Å². The second-order valence-electron chi connectivity index (χ2n) is 6.29. The Morgan fingerprint density at radius 3 is 2.56 bits per heavy atom. The number of fused-ring (bicyclic) bond motifs is 1. The number of imide groups is 1. The van der Waals surface area contributed by atoms with Gasteiger partial charge in [-0.05, 0) is 49.2 Å². The van der Waals surface area contributed by atoms with Gasteiger partial charge in [0.2, 0.25) is 0 Å². The van der Waals surface area contributed by atoms with E-state index in [1.165, 1.54) is 28.4 Å². The van der Waals surface area contributed by atoms with E-state index in [9.17, 15) is 14.4 Å². The van der Waals surface area contributed by atoms with Gasteiger partial charge in [0.15, 0.2) is 5.13 Å². The molecule has 1 aromatic heterocycles. The van der Waals surface area contributed by atoms with Gasteiger partial charge in [-0.15, -0.1) is 11.3 Å². The third-order valence-electron chi connectivity index (χ3n) is 4.41. The summed E-state index contributed by atoms with van der Waals surface area (Å²) in [6.07, 6.45) is 1.59. The SMILES string of the molecule is Cc1ccc(C)c(N2C(=O)c3ccc(C(=O)Nc4nccs4)cc3C2=O)c1. The van der Waals surface area contributed by atoms with Crippen LogP contribution in [-0.2, 0) is 0 Å². The minimum absolute atomic E-state index is 0.229. The van der Waals surface area contributed by atoms with Crippen LogP contribution in [0.15, 0.2) is 48.0 Å². The molecule has 4 rings (SSSR count). The summed E-state index contributed by atoms with van der Waals surface area (Å²) >= 11 is 1.30. The highest BCUT2D eigenvalue weighted by Crippen LogP contribution is 2.32. The molecular weight excluding hydrogens is 362 g/mol. The van der Waals surface area contributed by atoms with Crippen LogP contribution in [0.1, 0.15) is 42.2 Å². The van der Waals surface area contributed by atoms with E-state index < -0.39 is 5.91 Å². The number of anilines is 2. The molecule has 2 aromatic carbocycles. The molecule has 0 saturated heterocycles. The van der Waals surface area contributed by atoms with Crippen molar-refractivity contribution >= 4 is 39.9 Å². The van der Waals surface area contributed by atoms with Crippen LogP contribution in [0.2, 0.25) is 0 Å². The Labute approximate surface area is 159 Å². The second kappa shape index (κ2) is 6.44. The fraction of sp³-hybridized carbons (Fsp3) is 0.100. The van der Waals surface area contributed by atoms with Gasteiger partial charge in [0.25, 0.3) is 17.7 Å². The second-order valence-corrected chi connectivity index (χ2v) is 7.18. The van der Waals surface area contributed by atoms with Crippen molar-refractivity contribution in [2.45, 2.75) is 13.8 Å². The lowest BCUT2D eigenvalue weighted by Gasteiger charge is -2.17. The molecule has 0 fully saturated rings. The van der Waals surface area contributed by atoms with Crippen molar-refractivity contribution in [3.8, 4) is 0 Å². The molecule has 3 amide bonds. The molecular formula is C20H15N3O3S. The van der Waals surface area contributed by atoms with Crippen molar-refractivity contribution in [1.82, 2.24) is 4.98 Å². The summed E-state index contributed by atoms with van der Waals surface area (Å²) in [5.41, 5.74) is 3.18. The van der Waals surface area contributed by atoms with Crippen LogP contribution < -0.4 is 10.2 Å². The van der Waals surface area contributed by atoms with Gasteiger partial charge in [0, 0.05) is 17.1 Å². The van der Waals surface area contributed by atoms with Gasteiger partial charge in [0.05, 0.1) is 16.8 Å². The van der Waals surface area contributed by atoms with Crippen molar-refractivity contribution < 1.29 is 14.4 Å². The van der Waals surface area contributed by atoms with E-state index in [0.717, 1.165) is 11.1 Å². The number of benzene rings is 2. The number of rotatable bonds is 3. The molecule has 0 atom stereocenters. The van der Waals surface area contributed by atoms with E-state index in [1.807, 2.05) is 32.0 Å². The molecule has 1 aliphatic heterocycles. The van der Waals surface area contributed by atoms with Crippen molar-refractivity contribution in [2.75, 3.05) is 10.2 Å². The average Bonchev–Trinajstić information content (AvgIpc) is 3.24. The van der Waals surface area contributed by atoms with E-state index in [-0.39, 0.29) is 17.4 Å². The standard InChI is InChI=1S/C20H15N3O3S/c1-11-3-4-12(2)16(9-11)23-18(25)14-6-5-13(10-15(14)19(23)26)17(24)22-20-21-7-8-27-20/h3-10H,1-2H3,(H,21,22,24). The maximum Gasteiger partial charge on any atom is 0.266 e. The third kappa shape index (κ3) is 2.92. The largest absolute Gasteiger partial charge is 0.298 e. The minimum atomic E-state index is -0.424. The summed E-state index contributed by atoms with van der Waals surface area (Å²) in [6, 6.07) is 10.1. The average molecular weight is 377 g/mol. The smallest absolute Gasteiger partial charge is 0.266 e. The molecule has 134 valence electrons. The lowest BCUT2D eigenvalue weighted by Crippen LogP contribution is -2.30. The molecule has 0 unspecified atom stereocenters. The first-order valence-corrected chi connectivity index (χ1v) is 9.14. The number of nitrogens with zero attached hydrogens (tertiary/aromatic N) is 2. The molecule has 0 radical (unpaired) electrons. The summed E-state index contributed by atoms with van der Waals surface area (Å²) in [6.45, 7) is 3.76. The Balaban J connectivity index is 1.69. The minimum Gasteiger partial charge on any atom is -0.298 e. The van der Waals surface area contributed by atoms with E-state index in [0.29, 0.717) is 21.9 Å². The fourth-order valence-corrected chi connectivity index (χ4v) is 3.54. The number of hydrogen-bond donors (Lipinski definition) is 1. The molecule has 1 aliphatic rings. The summed E-state index contributed by atoms with van der Waals surface area (Å²) < 4.78 is 0. The molecule has 0 aliphatic carbocycles. The fourth-order valence-electron chi connectivity index (χ4n) is 3.02. The number of carbonyl (C=O) groups is 3. The van der Waals surface area contributed by atoms with E-state index in [2.05, 4.69) is 10.3 Å². The van der Waals surface area contributed by atoms with Crippen LogP contribution in [0.4, 0.5) is 10.8 Å². The number of carbonyl (C=O) groups excluding carboxylic acids is 3. The maximum atomic E-state index is 12.9. The summed E-state index contributed by atoms with van der Waals surface area (Å²) in [7, 11) is 0. The highest BCUT2D eigenvalue weighted by Gasteiger charge is 2.37. The lowest BCUT2D eigenvalue weighted by molar-refractivity contribution is 0.0925. The van der Waals surface area contributed by atoms with Crippen LogP contribution in [0.3, 0.4) is 0 Å². The first-order valence-electron chi connectivity index (χ1n) is 8.26. The molecule has 6 nitrogen and oxygen atoms in total. The molecule has 0 bridgehead atoms. The van der Waals surface area contributed by atoms with Gasteiger partial charge in [-0.25, -0.2) is 9.88 Å². The zero-order chi connectivity index (χ0) is 19.1. The van der Waals surface area contributed by atoms with Crippen molar-refractivity contribution in [2.24, 2.45) is 0 Å². The highest BCUT2D eigenvalue weighted by atomic mass is 32.1. The first kappa shape index (κ1) is 17.1. The Bertz CT molecular complexity index is 1090. The number of aromatic nitrogens is 1. The number of amides is 3. The third-order valence-corrected chi connectivity index (χ3v) is 5.10. The summed E-state index contributed by atoms with van der Waals surface area (Å²) in [4.78, 5) is 43.3. The van der Waals surface area contributed by atoms with Crippen molar-refractivity contribution in [3.63, 3.8) is 0 Å². The van der Waals surface area contributed by atoms with Gasteiger partial charge in [-0.1, -0.05) is 12.1 Å². The van der Waals surface area contributed by atoms with Gasteiger partial charge >= 0.3 is 0 Å². The van der Waals surface area contributed by atoms with Crippen LogP contribution in [-0.4, -0.2) is 22.7 Å². The zero-order valence-electron chi connectivity index (χ0n) is 14.6. The predicted octanol–water partition coefficient (Wildman–Crippen LogP) is 3.81. The van der Waals surface area contributed by atoms with Crippen LogP contribution >= 0.6 is 11.3 Å². The number of thiazole rings is 1. The number of hydrogen-bond acceptors (Lipinski definition) is 5. The highest BCUT2D eigenvalue weighted by molar-refractivity contribution is 7.13. The number of nitrogens with one attached hydrogen (secondary N) is 1. The topological polar surface area (TPSA) is 79.4 Å². The Morgan fingerprint density at radius 1 is 1.04 bits per heavy atom. The summed E-state index contributed by atoms with van der Waals surface area (Å²) in [5, 5.41) is 4.90. The van der Waals surface area contributed by atoms with Gasteiger partial charge in [0.1, 0.15) is 0 Å². The molecule has 0 saturated carbocycles. The molecule has 2 heterocycles. The summed E-state index contributed by atoms with van der Waals surface area (Å²) in [5.74, 6) is -1.18. The van der Waals surface area contributed by atoms with E-state index in [1.54, 1.807) is 17.6 Å². The number of aryl methyl sites for hydroxylation is 2. The zero-order valence-corrected chi connectivity index (χ0v) is 15.5. The predicted molar refractivity (Wildman–Crippen MR) is 104 cm³/mol. The van der Waals surface area contributed by atoms with Crippen LogP contribution in [0.5, 0.6) is 0 Å². The Kier molecular flexibility index (Phi) is 4.08. The molecule has 0 spiro atoms. The molecule has 27 heavy (non-hydrogen) atoms. The lowest BCUT2D eigenvalue weighted by atomic mass is 10.1. The first-order chi connectivity index (χ1) is 13.0. The molecule has 3 aromatic rings. The van der Waals surface area contributed by atoms with E-state index >= 15 is 0 Å². The quantitative estimate of drug-likeness (QED) is 0.704. The Morgan fingerprint density at radius 2 is 1.81 bits per heavy atom. The van der Waals surface area contributed by atoms with E-state index in [4.69, 9.17) is 0 Å². The van der Waals surface area contributed by atoms with Gasteiger partial charge < -0.3 is 0 Å². The Hall–Kier alpha value is -3.32. The maximum absolute atomic E-state index is 12.9. The van der Waals surface area contributed by atoms with Gasteiger partial charge in [-0.2, -0.15) is 0 Å². The van der Waals surface area contributed by atoms with Gasteiger partial charge in [-0.3, -0.25) is 19.7 Å². The molecule has 7 heteroatoms. The van der Waals surface area contributed by atoms with Crippen LogP contribution in [0.25, 0.3) is 0 Å². The normalized spacial score (nSPS) is 13.0. The van der Waals surface area contributed by atoms with Crippen molar-refractivity contribution in [1.29, 1.82) is 0 Å². The molecule has 1 N–H and O–H groups in total.